The molecule has 0 radical (unpaired) electrons. The van der Waals surface area contributed by atoms with Gasteiger partial charge in [-0.25, -0.2) is 4.39 Å². The lowest BCUT2D eigenvalue weighted by Crippen LogP contribution is -2.39. The lowest BCUT2D eigenvalue weighted by Gasteiger charge is -2.24. The van der Waals surface area contributed by atoms with Gasteiger partial charge in [-0.3, -0.25) is 9.69 Å². The van der Waals surface area contributed by atoms with Gasteiger partial charge in [0.2, 0.25) is 5.91 Å². The molecular weight excluding hydrogens is 343 g/mol. The first-order valence-electron chi connectivity index (χ1n) is 8.80. The molecule has 0 aromatic heterocycles. The van der Waals surface area contributed by atoms with Crippen LogP contribution in [-0.2, 0) is 11.3 Å². The molecule has 0 bridgehead atoms. The Morgan fingerprint density at radius 2 is 1.85 bits per heavy atom. The minimum Gasteiger partial charge on any atom is -0.494 e. The number of hydrogen-bond donors (Lipinski definition) is 1. The van der Waals surface area contributed by atoms with Crippen molar-refractivity contribution in [2.75, 3.05) is 19.5 Å². The van der Waals surface area contributed by atoms with Crippen molar-refractivity contribution < 1.29 is 13.9 Å². The number of carbonyl (C=O) groups excluding carboxylic acids is 1. The first-order chi connectivity index (χ1) is 13.0. The van der Waals surface area contributed by atoms with Gasteiger partial charge in [-0.1, -0.05) is 36.4 Å². The van der Waals surface area contributed by atoms with Crippen molar-refractivity contribution in [3.05, 3.63) is 72.0 Å². The van der Waals surface area contributed by atoms with Crippen LogP contribution in [-0.4, -0.2) is 31.0 Å². The SMILES string of the molecule is COc1ccc(CN(C)C(C)C(=O)Nc2ccc3ccccc3c2)cc1F. The van der Waals surface area contributed by atoms with Crippen LogP contribution in [0, 0.1) is 5.82 Å². The maximum atomic E-state index is 13.9. The highest BCUT2D eigenvalue weighted by Crippen LogP contribution is 2.21. The minimum atomic E-state index is -0.406. The van der Waals surface area contributed by atoms with E-state index in [1.807, 2.05) is 61.3 Å². The number of fused-ring (bicyclic) bond motifs is 1. The number of halogens is 1. The summed E-state index contributed by atoms with van der Waals surface area (Å²) in [7, 11) is 3.27. The third kappa shape index (κ3) is 4.44. The molecule has 0 saturated heterocycles. The molecule has 3 aromatic carbocycles. The Hall–Kier alpha value is -2.92. The van der Waals surface area contributed by atoms with E-state index < -0.39 is 5.82 Å². The molecule has 0 spiro atoms. The number of amides is 1. The normalized spacial score (nSPS) is 12.2. The summed E-state index contributed by atoms with van der Waals surface area (Å²) in [6.45, 7) is 2.28. The Morgan fingerprint density at radius 1 is 1.11 bits per heavy atom. The quantitative estimate of drug-likeness (QED) is 0.701. The standard InChI is InChI=1S/C22H23FN2O2/c1-15(25(2)14-16-8-11-21(27-3)20(23)12-16)22(26)24-19-10-9-17-6-4-5-7-18(17)13-19/h4-13,15H,14H2,1-3H3,(H,24,26). The van der Waals surface area contributed by atoms with Crippen molar-refractivity contribution in [2.24, 2.45) is 0 Å². The summed E-state index contributed by atoms with van der Waals surface area (Å²) in [5.74, 6) is -0.304. The number of hydrogen-bond acceptors (Lipinski definition) is 3. The molecule has 1 atom stereocenters. The van der Waals surface area contributed by atoms with Crippen molar-refractivity contribution >= 4 is 22.4 Å². The third-order valence-corrected chi connectivity index (χ3v) is 4.71. The molecule has 0 aliphatic carbocycles. The number of ether oxygens (including phenoxy) is 1. The second-order valence-electron chi connectivity index (χ2n) is 6.61. The number of anilines is 1. The molecule has 0 aliphatic rings. The van der Waals surface area contributed by atoms with E-state index in [1.165, 1.54) is 13.2 Å². The number of nitrogens with zero attached hydrogens (tertiary/aromatic N) is 1. The van der Waals surface area contributed by atoms with Gasteiger partial charge < -0.3 is 10.1 Å². The fourth-order valence-corrected chi connectivity index (χ4v) is 2.95. The van der Waals surface area contributed by atoms with Crippen LogP contribution in [0.3, 0.4) is 0 Å². The topological polar surface area (TPSA) is 41.6 Å². The molecule has 140 valence electrons. The van der Waals surface area contributed by atoms with Crippen molar-refractivity contribution in [2.45, 2.75) is 19.5 Å². The van der Waals surface area contributed by atoms with Crippen LogP contribution in [0.5, 0.6) is 5.75 Å². The van der Waals surface area contributed by atoms with E-state index in [-0.39, 0.29) is 17.7 Å². The van der Waals surface area contributed by atoms with Crippen LogP contribution < -0.4 is 10.1 Å². The molecular formula is C22H23FN2O2. The zero-order chi connectivity index (χ0) is 19.4. The maximum Gasteiger partial charge on any atom is 0.241 e. The second-order valence-corrected chi connectivity index (χ2v) is 6.61. The van der Waals surface area contributed by atoms with Gasteiger partial charge in [-0.05, 0) is 54.6 Å². The first kappa shape index (κ1) is 18.9. The van der Waals surface area contributed by atoms with Gasteiger partial charge in [0, 0.05) is 12.2 Å². The summed E-state index contributed by atoms with van der Waals surface area (Å²) in [6.07, 6.45) is 0. The molecule has 1 unspecified atom stereocenters. The predicted molar refractivity (Wildman–Crippen MR) is 106 cm³/mol. The summed E-state index contributed by atoms with van der Waals surface area (Å²) >= 11 is 0. The highest BCUT2D eigenvalue weighted by atomic mass is 19.1. The van der Waals surface area contributed by atoms with Gasteiger partial charge in [-0.2, -0.15) is 0 Å². The number of rotatable bonds is 6. The largest absolute Gasteiger partial charge is 0.494 e. The lowest BCUT2D eigenvalue weighted by molar-refractivity contribution is -0.120. The Labute approximate surface area is 158 Å². The lowest BCUT2D eigenvalue weighted by atomic mass is 10.1. The fourth-order valence-electron chi connectivity index (χ4n) is 2.95. The first-order valence-corrected chi connectivity index (χ1v) is 8.80. The van der Waals surface area contributed by atoms with Gasteiger partial charge in [-0.15, -0.1) is 0 Å². The van der Waals surface area contributed by atoms with Crippen LogP contribution in [0.15, 0.2) is 60.7 Å². The van der Waals surface area contributed by atoms with E-state index in [4.69, 9.17) is 4.74 Å². The van der Waals surface area contributed by atoms with Crippen LogP contribution >= 0.6 is 0 Å². The third-order valence-electron chi connectivity index (χ3n) is 4.71. The second kappa shape index (κ2) is 8.18. The Kier molecular flexibility index (Phi) is 5.72. The van der Waals surface area contributed by atoms with E-state index in [1.54, 1.807) is 12.1 Å². The molecule has 3 aromatic rings. The molecule has 1 amide bonds. The van der Waals surface area contributed by atoms with Crippen LogP contribution in [0.4, 0.5) is 10.1 Å². The Bertz CT molecular complexity index is 958. The zero-order valence-corrected chi connectivity index (χ0v) is 15.7. The summed E-state index contributed by atoms with van der Waals surface area (Å²) < 4.78 is 18.8. The van der Waals surface area contributed by atoms with E-state index in [9.17, 15) is 9.18 Å². The summed E-state index contributed by atoms with van der Waals surface area (Å²) in [6, 6.07) is 18.3. The van der Waals surface area contributed by atoms with E-state index in [2.05, 4.69) is 5.32 Å². The fraction of sp³-hybridized carbons (Fsp3) is 0.227. The van der Waals surface area contributed by atoms with Crippen LogP contribution in [0.1, 0.15) is 12.5 Å². The highest BCUT2D eigenvalue weighted by molar-refractivity contribution is 5.97. The summed E-state index contributed by atoms with van der Waals surface area (Å²) in [4.78, 5) is 14.5. The molecule has 0 heterocycles. The summed E-state index contributed by atoms with van der Waals surface area (Å²) in [5.41, 5.74) is 1.54. The van der Waals surface area contributed by atoms with Gasteiger partial charge >= 0.3 is 0 Å². The predicted octanol–water partition coefficient (Wildman–Crippen LogP) is 4.45. The number of benzene rings is 3. The number of carbonyl (C=O) groups is 1. The van der Waals surface area contributed by atoms with Crippen molar-refractivity contribution in [3.8, 4) is 5.75 Å². The monoisotopic (exact) mass is 366 g/mol. The minimum absolute atomic E-state index is 0.109. The average Bonchev–Trinajstić information content (AvgIpc) is 2.67. The highest BCUT2D eigenvalue weighted by Gasteiger charge is 2.19. The van der Waals surface area contributed by atoms with Crippen LogP contribution in [0.2, 0.25) is 0 Å². The molecule has 5 heteroatoms. The van der Waals surface area contributed by atoms with Crippen molar-refractivity contribution in [1.82, 2.24) is 4.90 Å². The molecule has 0 aliphatic heterocycles. The molecule has 27 heavy (non-hydrogen) atoms. The van der Waals surface area contributed by atoms with Gasteiger partial charge in [0.05, 0.1) is 13.2 Å². The van der Waals surface area contributed by atoms with Crippen molar-refractivity contribution in [1.29, 1.82) is 0 Å². The molecule has 0 fully saturated rings. The van der Waals surface area contributed by atoms with E-state index in [0.717, 1.165) is 22.0 Å². The van der Waals surface area contributed by atoms with Gasteiger partial charge in [0.1, 0.15) is 0 Å². The zero-order valence-electron chi connectivity index (χ0n) is 15.7. The van der Waals surface area contributed by atoms with Crippen molar-refractivity contribution in [3.63, 3.8) is 0 Å². The molecule has 4 nitrogen and oxygen atoms in total. The summed E-state index contributed by atoms with van der Waals surface area (Å²) in [5, 5.41) is 5.16. The van der Waals surface area contributed by atoms with E-state index >= 15 is 0 Å². The van der Waals surface area contributed by atoms with Gasteiger partial charge in [0.25, 0.3) is 0 Å². The number of methoxy groups -OCH3 is 1. The van der Waals surface area contributed by atoms with Gasteiger partial charge in [0.15, 0.2) is 11.6 Å². The smallest absolute Gasteiger partial charge is 0.241 e. The molecule has 3 rings (SSSR count). The number of nitrogens with one attached hydrogen (secondary N) is 1. The van der Waals surface area contributed by atoms with Crippen LogP contribution in [0.25, 0.3) is 10.8 Å². The Balaban J connectivity index is 1.65. The number of likely N-dealkylation sites (N-methyl/N-ethyl adjacent to an activating group) is 1. The average molecular weight is 366 g/mol. The Morgan fingerprint density at radius 3 is 2.56 bits per heavy atom. The molecule has 1 N–H and O–H groups in total. The maximum absolute atomic E-state index is 13.9. The van der Waals surface area contributed by atoms with E-state index in [0.29, 0.717) is 6.54 Å². The molecule has 0 saturated carbocycles.